The van der Waals surface area contributed by atoms with Crippen molar-refractivity contribution in [2.75, 3.05) is 18.6 Å². The highest BCUT2D eigenvalue weighted by atomic mass is 31.2. The zero-order chi connectivity index (χ0) is 14.2. The molecule has 10 nitrogen and oxygen atoms in total. The van der Waals surface area contributed by atoms with E-state index >= 15 is 0 Å². The summed E-state index contributed by atoms with van der Waals surface area (Å²) in [6.45, 7) is 0. The molecule has 1 atom stereocenters. The molecule has 0 amide bonds. The molecule has 0 aliphatic carbocycles. The van der Waals surface area contributed by atoms with Gasteiger partial charge >= 0.3 is 7.60 Å². The third-order valence-corrected chi connectivity index (χ3v) is 3.60. The maximum absolute atomic E-state index is 11.2. The lowest BCUT2D eigenvalue weighted by molar-refractivity contribution is 0.135. The summed E-state index contributed by atoms with van der Waals surface area (Å²) >= 11 is 0. The van der Waals surface area contributed by atoms with Gasteiger partial charge in [0.2, 0.25) is 5.95 Å². The molecule has 19 heavy (non-hydrogen) atoms. The molecule has 2 aromatic heterocycles. The lowest BCUT2D eigenvalue weighted by Crippen LogP contribution is -2.15. The Morgan fingerprint density at radius 2 is 2.05 bits per heavy atom. The molecule has 11 heteroatoms. The number of aromatic nitrogens is 4. The molecule has 1 unspecified atom stereocenters. The van der Waals surface area contributed by atoms with E-state index in [2.05, 4.69) is 19.9 Å². The van der Waals surface area contributed by atoms with E-state index in [0.717, 1.165) is 0 Å². The number of hydrogen-bond acceptors (Lipinski definition) is 7. The van der Waals surface area contributed by atoms with E-state index in [1.165, 1.54) is 7.11 Å². The number of imidazole rings is 1. The molecule has 2 heterocycles. The van der Waals surface area contributed by atoms with Gasteiger partial charge in [-0.05, 0) is 0 Å². The Bertz CT molecular complexity index is 652. The number of hydrogen-bond donors (Lipinski definition) is 5. The number of ether oxygens (including phenoxy) is 1. The molecule has 0 saturated carbocycles. The van der Waals surface area contributed by atoms with E-state index in [4.69, 9.17) is 26.0 Å². The van der Waals surface area contributed by atoms with Crippen LogP contribution in [0.25, 0.3) is 11.2 Å². The number of nitrogen functional groups attached to an aromatic ring is 2. The van der Waals surface area contributed by atoms with Gasteiger partial charge in [-0.25, -0.2) is 4.98 Å². The van der Waals surface area contributed by atoms with Crippen LogP contribution in [0.2, 0.25) is 0 Å². The molecule has 0 spiro atoms. The molecule has 2 rings (SSSR count). The topological polar surface area (TPSA) is 173 Å². The summed E-state index contributed by atoms with van der Waals surface area (Å²) in [5.41, 5.74) is 11.7. The van der Waals surface area contributed by atoms with Crippen molar-refractivity contribution < 1.29 is 19.1 Å². The SMILES string of the molecule is COC(Cc1nc2nc(N)nc(N)c2[nH]1)P(=O)(O)O. The number of rotatable bonds is 4. The Morgan fingerprint density at radius 3 is 2.63 bits per heavy atom. The molecule has 104 valence electrons. The monoisotopic (exact) mass is 288 g/mol. The first-order valence-electron chi connectivity index (χ1n) is 5.17. The Morgan fingerprint density at radius 1 is 1.37 bits per heavy atom. The second-order valence-corrected chi connectivity index (χ2v) is 5.59. The fourth-order valence-corrected chi connectivity index (χ4v) is 2.27. The number of H-pyrrole nitrogens is 1. The van der Waals surface area contributed by atoms with Crippen LogP contribution < -0.4 is 11.5 Å². The fraction of sp³-hybridized carbons (Fsp3) is 0.375. The summed E-state index contributed by atoms with van der Waals surface area (Å²) in [5, 5.41) is 0. The van der Waals surface area contributed by atoms with Crippen LogP contribution in [0.15, 0.2) is 0 Å². The van der Waals surface area contributed by atoms with Crippen LogP contribution in [0.3, 0.4) is 0 Å². The zero-order valence-electron chi connectivity index (χ0n) is 9.94. The minimum atomic E-state index is -4.38. The van der Waals surface area contributed by atoms with Gasteiger partial charge in [0.25, 0.3) is 0 Å². The van der Waals surface area contributed by atoms with E-state index in [1.54, 1.807) is 0 Å². The molecular weight excluding hydrogens is 275 g/mol. The quantitative estimate of drug-likeness (QED) is 0.451. The van der Waals surface area contributed by atoms with Gasteiger partial charge in [0.1, 0.15) is 11.3 Å². The largest absolute Gasteiger partial charge is 0.382 e. The van der Waals surface area contributed by atoms with Crippen LogP contribution in [0, 0.1) is 0 Å². The first-order chi connectivity index (χ1) is 8.81. The third kappa shape index (κ3) is 2.82. The smallest absolute Gasteiger partial charge is 0.354 e. The van der Waals surface area contributed by atoms with Gasteiger partial charge in [0.15, 0.2) is 17.3 Å². The van der Waals surface area contributed by atoms with Gasteiger partial charge in [-0.15, -0.1) is 0 Å². The minimum absolute atomic E-state index is 0.0265. The van der Waals surface area contributed by atoms with E-state index in [1.807, 2.05) is 0 Å². The average Bonchev–Trinajstić information content (AvgIpc) is 2.67. The molecule has 0 bridgehead atoms. The van der Waals surface area contributed by atoms with Gasteiger partial charge in [0.05, 0.1) is 0 Å². The number of aromatic amines is 1. The fourth-order valence-electron chi connectivity index (χ4n) is 1.59. The number of nitrogens with zero attached hydrogens (tertiary/aromatic N) is 3. The van der Waals surface area contributed by atoms with Crippen molar-refractivity contribution in [3.8, 4) is 0 Å². The predicted molar refractivity (Wildman–Crippen MR) is 67.1 cm³/mol. The summed E-state index contributed by atoms with van der Waals surface area (Å²) < 4.78 is 15.9. The molecule has 0 aliphatic heterocycles. The second kappa shape index (κ2) is 4.74. The molecule has 2 aromatic rings. The molecule has 0 aromatic carbocycles. The third-order valence-electron chi connectivity index (χ3n) is 2.46. The maximum atomic E-state index is 11.2. The van der Waals surface area contributed by atoms with E-state index < -0.39 is 13.4 Å². The van der Waals surface area contributed by atoms with Crippen molar-refractivity contribution in [1.29, 1.82) is 0 Å². The summed E-state index contributed by atoms with van der Waals surface area (Å²) in [6.07, 6.45) is -0.115. The standard InChI is InChI=1S/C8H13N6O4P/c1-18-4(19(15,16)17)2-3-11-5-6(9)13-8(10)14-7(5)12-3/h4H,2H2,1H3,(H2,15,16,17)(H5,9,10,11,12,13,14). The van der Waals surface area contributed by atoms with Crippen molar-refractivity contribution in [2.24, 2.45) is 0 Å². The van der Waals surface area contributed by atoms with Crippen LogP contribution in [-0.2, 0) is 15.7 Å². The van der Waals surface area contributed by atoms with Crippen LogP contribution in [-0.4, -0.2) is 42.7 Å². The number of nitrogens with two attached hydrogens (primary N) is 2. The highest BCUT2D eigenvalue weighted by Gasteiger charge is 2.30. The van der Waals surface area contributed by atoms with Crippen molar-refractivity contribution in [2.45, 2.75) is 12.3 Å². The Kier molecular flexibility index (Phi) is 3.42. The first kappa shape index (κ1) is 13.7. The number of fused-ring (bicyclic) bond motifs is 1. The lowest BCUT2D eigenvalue weighted by atomic mass is 10.4. The number of anilines is 2. The Hall–Kier alpha value is -1.74. The molecule has 0 fully saturated rings. The molecular formula is C8H13N6O4P. The van der Waals surface area contributed by atoms with Crippen LogP contribution in [0.5, 0.6) is 0 Å². The van der Waals surface area contributed by atoms with E-state index in [9.17, 15) is 4.57 Å². The van der Waals surface area contributed by atoms with Gasteiger partial charge in [-0.2, -0.15) is 9.97 Å². The van der Waals surface area contributed by atoms with Gasteiger partial charge < -0.3 is 31.0 Å². The van der Waals surface area contributed by atoms with Crippen molar-refractivity contribution in [3.63, 3.8) is 0 Å². The lowest BCUT2D eigenvalue weighted by Gasteiger charge is -2.14. The summed E-state index contributed by atoms with van der Waals surface area (Å²) in [7, 11) is -3.17. The number of methoxy groups -OCH3 is 1. The Balaban J connectivity index is 2.37. The van der Waals surface area contributed by atoms with Gasteiger partial charge in [-0.3, -0.25) is 4.57 Å². The van der Waals surface area contributed by atoms with Gasteiger partial charge in [0, 0.05) is 13.5 Å². The molecule has 7 N–H and O–H groups in total. The van der Waals surface area contributed by atoms with Crippen LogP contribution in [0.1, 0.15) is 5.82 Å². The first-order valence-corrected chi connectivity index (χ1v) is 6.85. The van der Waals surface area contributed by atoms with Gasteiger partial charge in [-0.1, -0.05) is 0 Å². The summed E-state index contributed by atoms with van der Waals surface area (Å²) in [5.74, 6) is -0.927. The second-order valence-electron chi connectivity index (χ2n) is 3.83. The Labute approximate surface area is 107 Å². The summed E-state index contributed by atoms with van der Waals surface area (Å²) in [6, 6.07) is 0. The van der Waals surface area contributed by atoms with E-state index in [0.29, 0.717) is 5.52 Å². The van der Waals surface area contributed by atoms with Crippen molar-refractivity contribution >= 4 is 30.5 Å². The molecule has 0 aliphatic rings. The average molecular weight is 288 g/mol. The predicted octanol–water partition coefficient (Wildman–Crippen LogP) is -0.790. The van der Waals surface area contributed by atoms with E-state index in [-0.39, 0.29) is 29.7 Å². The normalized spacial score (nSPS) is 13.8. The zero-order valence-corrected chi connectivity index (χ0v) is 10.8. The molecule has 0 saturated heterocycles. The minimum Gasteiger partial charge on any atom is -0.382 e. The highest BCUT2D eigenvalue weighted by molar-refractivity contribution is 7.52. The maximum Gasteiger partial charge on any atom is 0.354 e. The van der Waals surface area contributed by atoms with Crippen LogP contribution >= 0.6 is 7.60 Å². The van der Waals surface area contributed by atoms with Crippen LogP contribution in [0.4, 0.5) is 11.8 Å². The van der Waals surface area contributed by atoms with Crippen molar-refractivity contribution in [1.82, 2.24) is 19.9 Å². The highest BCUT2D eigenvalue weighted by Crippen LogP contribution is 2.42. The number of nitrogens with one attached hydrogen (secondary N) is 1. The molecule has 0 radical (unpaired) electrons. The van der Waals surface area contributed by atoms with Crippen molar-refractivity contribution in [3.05, 3.63) is 5.82 Å². The summed E-state index contributed by atoms with van der Waals surface area (Å²) in [4.78, 5) is 32.6.